The molecule has 2 aliphatic heterocycles. The third-order valence-corrected chi connectivity index (χ3v) is 4.30. The lowest BCUT2D eigenvalue weighted by atomic mass is 9.84. The topological polar surface area (TPSA) is 65.1 Å². The summed E-state index contributed by atoms with van der Waals surface area (Å²) in [5.41, 5.74) is -0.654. The minimum Gasteiger partial charge on any atom is -0.469 e. The van der Waals surface area contributed by atoms with Gasteiger partial charge in [0.25, 0.3) is 0 Å². The van der Waals surface area contributed by atoms with Crippen molar-refractivity contribution in [1.82, 2.24) is 4.90 Å². The molecule has 2 saturated heterocycles. The molecule has 126 valence electrons. The number of nitrogens with zero attached hydrogens (tertiary/aromatic N) is 1. The van der Waals surface area contributed by atoms with Gasteiger partial charge in [-0.3, -0.25) is 4.79 Å². The standard InChI is InChI=1S/C16H27NO5/c1-15(2,3)22-14(19)17-7-5-16(6-8-17)10-12(11-21-16)9-13(18)20-4/h12H,5-11H2,1-4H3. The molecule has 0 bridgehead atoms. The Morgan fingerprint density at radius 2 is 1.91 bits per heavy atom. The Labute approximate surface area is 132 Å². The zero-order valence-corrected chi connectivity index (χ0v) is 14.0. The van der Waals surface area contributed by atoms with E-state index in [4.69, 9.17) is 14.2 Å². The summed E-state index contributed by atoms with van der Waals surface area (Å²) >= 11 is 0. The Morgan fingerprint density at radius 1 is 1.27 bits per heavy atom. The smallest absolute Gasteiger partial charge is 0.410 e. The summed E-state index contributed by atoms with van der Waals surface area (Å²) in [6, 6.07) is 0. The van der Waals surface area contributed by atoms with Crippen molar-refractivity contribution < 1.29 is 23.8 Å². The van der Waals surface area contributed by atoms with Crippen molar-refractivity contribution in [2.75, 3.05) is 26.8 Å². The third-order valence-electron chi connectivity index (χ3n) is 4.30. The van der Waals surface area contributed by atoms with Gasteiger partial charge in [0.2, 0.25) is 0 Å². The van der Waals surface area contributed by atoms with E-state index in [2.05, 4.69) is 0 Å². The minimum absolute atomic E-state index is 0.183. The molecule has 0 saturated carbocycles. The van der Waals surface area contributed by atoms with Crippen molar-refractivity contribution in [2.45, 2.75) is 57.7 Å². The van der Waals surface area contributed by atoms with Crippen LogP contribution < -0.4 is 0 Å². The van der Waals surface area contributed by atoms with E-state index in [9.17, 15) is 9.59 Å². The fourth-order valence-electron chi connectivity index (χ4n) is 3.16. The number of likely N-dealkylation sites (tertiary alicyclic amines) is 1. The number of carbonyl (C=O) groups is 2. The Hall–Kier alpha value is -1.30. The van der Waals surface area contributed by atoms with Crippen LogP contribution in [0.4, 0.5) is 4.79 Å². The van der Waals surface area contributed by atoms with E-state index in [1.807, 2.05) is 20.8 Å². The number of amides is 1. The highest BCUT2D eigenvalue weighted by Crippen LogP contribution is 2.40. The van der Waals surface area contributed by atoms with Crippen LogP contribution in [0.1, 0.15) is 46.5 Å². The van der Waals surface area contributed by atoms with E-state index in [1.165, 1.54) is 7.11 Å². The average molecular weight is 313 g/mol. The van der Waals surface area contributed by atoms with Crippen molar-refractivity contribution >= 4 is 12.1 Å². The van der Waals surface area contributed by atoms with Crippen LogP contribution in [0.3, 0.4) is 0 Å². The summed E-state index contributed by atoms with van der Waals surface area (Å²) in [5.74, 6) is 0.0392. The summed E-state index contributed by atoms with van der Waals surface area (Å²) in [6.45, 7) is 7.48. The molecule has 0 aromatic heterocycles. The molecule has 6 nitrogen and oxygen atoms in total. The molecule has 1 spiro atoms. The average Bonchev–Trinajstić information content (AvgIpc) is 2.80. The molecule has 1 atom stereocenters. The monoisotopic (exact) mass is 313 g/mol. The zero-order chi connectivity index (χ0) is 16.4. The van der Waals surface area contributed by atoms with Crippen LogP contribution in [0.5, 0.6) is 0 Å². The number of hydrogen-bond donors (Lipinski definition) is 0. The lowest BCUT2D eigenvalue weighted by Crippen LogP contribution is -2.47. The summed E-state index contributed by atoms with van der Waals surface area (Å²) in [6.07, 6.45) is 2.61. The minimum atomic E-state index is -0.471. The van der Waals surface area contributed by atoms with Gasteiger partial charge in [0, 0.05) is 13.1 Å². The van der Waals surface area contributed by atoms with Crippen LogP contribution in [-0.4, -0.2) is 55.0 Å². The number of carbonyl (C=O) groups excluding carboxylic acids is 2. The van der Waals surface area contributed by atoms with Gasteiger partial charge in [-0.1, -0.05) is 0 Å². The molecule has 0 radical (unpaired) electrons. The highest BCUT2D eigenvalue weighted by Gasteiger charge is 2.44. The lowest BCUT2D eigenvalue weighted by molar-refractivity contribution is -0.141. The molecule has 0 aromatic carbocycles. The second kappa shape index (κ2) is 6.44. The van der Waals surface area contributed by atoms with Gasteiger partial charge in [-0.05, 0) is 46.0 Å². The second-order valence-corrected chi connectivity index (χ2v) is 7.31. The molecule has 1 unspecified atom stereocenters. The van der Waals surface area contributed by atoms with Gasteiger partial charge in [-0.25, -0.2) is 4.79 Å². The second-order valence-electron chi connectivity index (χ2n) is 7.31. The number of ether oxygens (including phenoxy) is 3. The van der Waals surface area contributed by atoms with Gasteiger partial charge in [-0.2, -0.15) is 0 Å². The molecule has 2 aliphatic rings. The maximum atomic E-state index is 12.1. The first-order chi connectivity index (χ1) is 10.2. The van der Waals surface area contributed by atoms with Gasteiger partial charge < -0.3 is 19.1 Å². The summed E-state index contributed by atoms with van der Waals surface area (Å²) in [4.78, 5) is 25.2. The molecular weight excluding hydrogens is 286 g/mol. The van der Waals surface area contributed by atoms with Gasteiger partial charge in [-0.15, -0.1) is 0 Å². The molecule has 0 N–H and O–H groups in total. The third kappa shape index (κ3) is 4.35. The fraction of sp³-hybridized carbons (Fsp3) is 0.875. The SMILES string of the molecule is COC(=O)CC1COC2(CCN(C(=O)OC(C)(C)C)CC2)C1. The number of esters is 1. The first kappa shape index (κ1) is 17.1. The van der Waals surface area contributed by atoms with E-state index in [1.54, 1.807) is 4.90 Å². The largest absolute Gasteiger partial charge is 0.469 e. The van der Waals surface area contributed by atoms with Crippen molar-refractivity contribution in [1.29, 1.82) is 0 Å². The summed E-state index contributed by atoms with van der Waals surface area (Å²) < 4.78 is 16.1. The highest BCUT2D eigenvalue weighted by molar-refractivity contribution is 5.69. The van der Waals surface area contributed by atoms with Gasteiger partial charge in [0.1, 0.15) is 5.60 Å². The lowest BCUT2D eigenvalue weighted by Gasteiger charge is -2.39. The first-order valence-electron chi connectivity index (χ1n) is 7.92. The Kier molecular flexibility index (Phi) is 5.00. The molecule has 2 rings (SSSR count). The van der Waals surface area contributed by atoms with Crippen LogP contribution in [0.15, 0.2) is 0 Å². The summed E-state index contributed by atoms with van der Waals surface area (Å²) in [5, 5.41) is 0. The van der Waals surface area contributed by atoms with E-state index >= 15 is 0 Å². The van der Waals surface area contributed by atoms with Crippen LogP contribution >= 0.6 is 0 Å². The van der Waals surface area contributed by atoms with Crippen LogP contribution in [0.2, 0.25) is 0 Å². The summed E-state index contributed by atoms with van der Waals surface area (Å²) in [7, 11) is 1.41. The van der Waals surface area contributed by atoms with Gasteiger partial charge in [0.05, 0.1) is 25.7 Å². The number of methoxy groups -OCH3 is 1. The Bertz CT molecular complexity index is 421. The number of rotatable bonds is 2. The molecule has 0 aliphatic carbocycles. The van der Waals surface area contributed by atoms with E-state index in [0.29, 0.717) is 26.1 Å². The molecule has 2 fully saturated rings. The Morgan fingerprint density at radius 3 is 2.45 bits per heavy atom. The normalized spacial score (nSPS) is 24.4. The predicted molar refractivity (Wildman–Crippen MR) is 80.5 cm³/mol. The fourth-order valence-corrected chi connectivity index (χ4v) is 3.16. The van der Waals surface area contributed by atoms with Gasteiger partial charge >= 0.3 is 12.1 Å². The number of hydrogen-bond acceptors (Lipinski definition) is 5. The molecule has 22 heavy (non-hydrogen) atoms. The maximum Gasteiger partial charge on any atom is 0.410 e. The highest BCUT2D eigenvalue weighted by atomic mass is 16.6. The van der Waals surface area contributed by atoms with E-state index in [-0.39, 0.29) is 23.6 Å². The van der Waals surface area contributed by atoms with Crippen LogP contribution in [0, 0.1) is 5.92 Å². The van der Waals surface area contributed by atoms with Crippen LogP contribution in [-0.2, 0) is 19.0 Å². The molecule has 2 heterocycles. The number of piperidine rings is 1. The van der Waals surface area contributed by atoms with E-state index < -0.39 is 5.60 Å². The van der Waals surface area contributed by atoms with E-state index in [0.717, 1.165) is 19.3 Å². The van der Waals surface area contributed by atoms with Crippen molar-refractivity contribution in [2.24, 2.45) is 5.92 Å². The molecule has 6 heteroatoms. The van der Waals surface area contributed by atoms with Crippen molar-refractivity contribution in [3.8, 4) is 0 Å². The molecule has 0 aromatic rings. The predicted octanol–water partition coefficient (Wildman–Crippen LogP) is 2.36. The van der Waals surface area contributed by atoms with Gasteiger partial charge in [0.15, 0.2) is 0 Å². The van der Waals surface area contributed by atoms with Crippen molar-refractivity contribution in [3.63, 3.8) is 0 Å². The quantitative estimate of drug-likeness (QED) is 0.732. The molecular formula is C16H27NO5. The maximum absolute atomic E-state index is 12.1. The van der Waals surface area contributed by atoms with Crippen LogP contribution in [0.25, 0.3) is 0 Å². The van der Waals surface area contributed by atoms with Crippen molar-refractivity contribution in [3.05, 3.63) is 0 Å². The molecule has 1 amide bonds. The first-order valence-corrected chi connectivity index (χ1v) is 7.92. The Balaban J connectivity index is 1.82. The zero-order valence-electron chi connectivity index (χ0n) is 14.0.